The average molecular weight is 321 g/mol. The molecule has 6 nitrogen and oxygen atoms in total. The molecule has 1 aromatic carbocycles. The summed E-state index contributed by atoms with van der Waals surface area (Å²) in [6.07, 6.45) is 7.48. The molecule has 0 radical (unpaired) electrons. The molecule has 4 rings (SSSR count). The molecule has 1 N–H and O–H groups in total. The standard InChI is InChI=1S/C18H19N5O/c1-13-11-22-12-15(5-8-17(22)20-13)21-18(24)14-3-6-16(7-4-14)23-10-2-9-19-23/h2-4,6-7,9-11,15H,5,8,12H2,1H3,(H,21,24)/t15-/m1/s1. The van der Waals surface area contributed by atoms with Gasteiger partial charge in [0.2, 0.25) is 0 Å². The maximum atomic E-state index is 12.5. The molecule has 0 bridgehead atoms. The molecule has 3 heterocycles. The second-order valence-electron chi connectivity index (χ2n) is 6.16. The van der Waals surface area contributed by atoms with Crippen LogP contribution in [-0.2, 0) is 13.0 Å². The summed E-state index contributed by atoms with van der Waals surface area (Å²) in [5.74, 6) is 1.08. The van der Waals surface area contributed by atoms with Crippen molar-refractivity contribution in [2.24, 2.45) is 0 Å². The Balaban J connectivity index is 1.43. The number of imidazole rings is 1. The van der Waals surface area contributed by atoms with E-state index in [-0.39, 0.29) is 11.9 Å². The third kappa shape index (κ3) is 2.82. The Hall–Kier alpha value is -2.89. The topological polar surface area (TPSA) is 64.7 Å². The number of benzene rings is 1. The Labute approximate surface area is 140 Å². The van der Waals surface area contributed by atoms with Crippen LogP contribution in [0.15, 0.2) is 48.9 Å². The van der Waals surface area contributed by atoms with E-state index in [2.05, 4.69) is 20.0 Å². The Bertz CT molecular complexity index is 848. The van der Waals surface area contributed by atoms with Crippen LogP contribution in [0.4, 0.5) is 0 Å². The smallest absolute Gasteiger partial charge is 0.251 e. The lowest BCUT2D eigenvalue weighted by molar-refractivity contribution is 0.0927. The number of hydrogen-bond donors (Lipinski definition) is 1. The van der Waals surface area contributed by atoms with Crippen LogP contribution in [0, 0.1) is 6.92 Å². The van der Waals surface area contributed by atoms with Gasteiger partial charge in [-0.05, 0) is 43.7 Å². The SMILES string of the molecule is Cc1cn2c(n1)CC[C@@H](NC(=O)c1ccc(-n3cccn3)cc1)C2. The largest absolute Gasteiger partial charge is 0.347 e. The molecule has 0 spiro atoms. The number of nitrogens with zero attached hydrogens (tertiary/aromatic N) is 4. The number of amides is 1. The van der Waals surface area contributed by atoms with E-state index in [1.165, 1.54) is 0 Å². The fourth-order valence-corrected chi connectivity index (χ4v) is 3.16. The number of hydrogen-bond acceptors (Lipinski definition) is 3. The molecule has 1 atom stereocenters. The Morgan fingerprint density at radius 1 is 1.29 bits per heavy atom. The average Bonchev–Trinajstić information content (AvgIpc) is 3.23. The first-order chi connectivity index (χ1) is 11.7. The highest BCUT2D eigenvalue weighted by Crippen LogP contribution is 2.16. The number of rotatable bonds is 3. The molecule has 0 saturated carbocycles. The third-order valence-corrected chi connectivity index (χ3v) is 4.35. The number of nitrogens with one attached hydrogen (secondary N) is 1. The van der Waals surface area contributed by atoms with Crippen molar-refractivity contribution in [3.05, 3.63) is 66.0 Å². The molecule has 1 amide bonds. The van der Waals surface area contributed by atoms with Crippen molar-refractivity contribution < 1.29 is 4.79 Å². The first kappa shape index (κ1) is 14.7. The van der Waals surface area contributed by atoms with E-state index >= 15 is 0 Å². The van der Waals surface area contributed by atoms with Crippen LogP contribution in [0.2, 0.25) is 0 Å². The van der Waals surface area contributed by atoms with Gasteiger partial charge in [-0.2, -0.15) is 5.10 Å². The molecule has 1 aliphatic rings. The number of aromatic nitrogens is 4. The van der Waals surface area contributed by atoms with Crippen LogP contribution in [-0.4, -0.2) is 31.3 Å². The number of carbonyl (C=O) groups is 1. The molecule has 3 aromatic rings. The van der Waals surface area contributed by atoms with E-state index in [9.17, 15) is 4.79 Å². The monoisotopic (exact) mass is 321 g/mol. The van der Waals surface area contributed by atoms with Crippen LogP contribution in [0.25, 0.3) is 5.69 Å². The lowest BCUT2D eigenvalue weighted by Gasteiger charge is -2.24. The fraction of sp³-hybridized carbons (Fsp3) is 0.278. The zero-order chi connectivity index (χ0) is 16.5. The maximum Gasteiger partial charge on any atom is 0.251 e. The second kappa shape index (κ2) is 5.96. The summed E-state index contributed by atoms with van der Waals surface area (Å²) in [5.41, 5.74) is 2.64. The number of carbonyl (C=O) groups excluding carboxylic acids is 1. The molecule has 122 valence electrons. The van der Waals surface area contributed by atoms with Gasteiger partial charge in [0.05, 0.1) is 11.4 Å². The molecular formula is C18H19N5O. The van der Waals surface area contributed by atoms with Crippen molar-refractivity contribution in [2.45, 2.75) is 32.4 Å². The summed E-state index contributed by atoms with van der Waals surface area (Å²) >= 11 is 0. The minimum Gasteiger partial charge on any atom is -0.347 e. The minimum absolute atomic E-state index is 0.0349. The number of aryl methyl sites for hydroxylation is 2. The summed E-state index contributed by atoms with van der Waals surface area (Å²) < 4.78 is 3.91. The van der Waals surface area contributed by atoms with Gasteiger partial charge in [-0.15, -0.1) is 0 Å². The quantitative estimate of drug-likeness (QED) is 0.803. The Kier molecular flexibility index (Phi) is 3.65. The van der Waals surface area contributed by atoms with Gasteiger partial charge >= 0.3 is 0 Å². The van der Waals surface area contributed by atoms with Gasteiger partial charge < -0.3 is 9.88 Å². The van der Waals surface area contributed by atoms with Crippen molar-refractivity contribution in [2.75, 3.05) is 0 Å². The molecule has 0 aliphatic carbocycles. The van der Waals surface area contributed by atoms with Gasteiger partial charge in [-0.3, -0.25) is 4.79 Å². The zero-order valence-corrected chi connectivity index (χ0v) is 13.5. The Morgan fingerprint density at radius 3 is 2.88 bits per heavy atom. The highest BCUT2D eigenvalue weighted by molar-refractivity contribution is 5.94. The van der Waals surface area contributed by atoms with Gasteiger partial charge in [-0.25, -0.2) is 9.67 Å². The summed E-state index contributed by atoms with van der Waals surface area (Å²) in [4.78, 5) is 17.0. The summed E-state index contributed by atoms with van der Waals surface area (Å²) in [6.45, 7) is 2.79. The van der Waals surface area contributed by atoms with Crippen LogP contribution in [0.3, 0.4) is 0 Å². The van der Waals surface area contributed by atoms with Crippen LogP contribution in [0.1, 0.15) is 28.3 Å². The molecule has 0 saturated heterocycles. The second-order valence-corrected chi connectivity index (χ2v) is 6.16. The van der Waals surface area contributed by atoms with Crippen molar-refractivity contribution in [1.82, 2.24) is 24.6 Å². The minimum atomic E-state index is -0.0349. The van der Waals surface area contributed by atoms with Crippen LogP contribution >= 0.6 is 0 Å². The van der Waals surface area contributed by atoms with Crippen LogP contribution in [0.5, 0.6) is 0 Å². The molecule has 0 fully saturated rings. The molecule has 2 aromatic heterocycles. The lowest BCUT2D eigenvalue weighted by Crippen LogP contribution is -2.40. The molecular weight excluding hydrogens is 302 g/mol. The van der Waals surface area contributed by atoms with E-state index in [1.807, 2.05) is 49.6 Å². The van der Waals surface area contributed by atoms with Crippen LogP contribution < -0.4 is 5.32 Å². The predicted octanol–water partition coefficient (Wildman–Crippen LogP) is 2.12. The first-order valence-electron chi connectivity index (χ1n) is 8.12. The van der Waals surface area contributed by atoms with Gasteiger partial charge in [0.1, 0.15) is 5.82 Å². The highest BCUT2D eigenvalue weighted by Gasteiger charge is 2.21. The van der Waals surface area contributed by atoms with Gasteiger partial charge in [0.25, 0.3) is 5.91 Å². The van der Waals surface area contributed by atoms with Crippen molar-refractivity contribution in [1.29, 1.82) is 0 Å². The van der Waals surface area contributed by atoms with E-state index in [4.69, 9.17) is 0 Å². The number of fused-ring (bicyclic) bond motifs is 1. The van der Waals surface area contributed by atoms with Crippen molar-refractivity contribution in [3.8, 4) is 5.69 Å². The van der Waals surface area contributed by atoms with E-state index in [0.717, 1.165) is 36.6 Å². The summed E-state index contributed by atoms with van der Waals surface area (Å²) in [6, 6.07) is 9.49. The van der Waals surface area contributed by atoms with Crippen molar-refractivity contribution >= 4 is 5.91 Å². The maximum absolute atomic E-state index is 12.5. The summed E-state index contributed by atoms with van der Waals surface area (Å²) in [5, 5.41) is 7.31. The molecule has 24 heavy (non-hydrogen) atoms. The molecule has 0 unspecified atom stereocenters. The Morgan fingerprint density at radius 2 is 2.12 bits per heavy atom. The lowest BCUT2D eigenvalue weighted by atomic mass is 10.1. The normalized spacial score (nSPS) is 16.6. The van der Waals surface area contributed by atoms with E-state index < -0.39 is 0 Å². The summed E-state index contributed by atoms with van der Waals surface area (Å²) in [7, 11) is 0. The van der Waals surface area contributed by atoms with Gasteiger partial charge in [0.15, 0.2) is 0 Å². The fourth-order valence-electron chi connectivity index (χ4n) is 3.16. The van der Waals surface area contributed by atoms with E-state index in [1.54, 1.807) is 10.9 Å². The van der Waals surface area contributed by atoms with Gasteiger partial charge in [-0.1, -0.05) is 0 Å². The predicted molar refractivity (Wildman–Crippen MR) is 90.1 cm³/mol. The zero-order valence-electron chi connectivity index (χ0n) is 13.5. The molecule has 6 heteroatoms. The third-order valence-electron chi connectivity index (χ3n) is 4.35. The van der Waals surface area contributed by atoms with Crippen molar-refractivity contribution in [3.63, 3.8) is 0 Å². The highest BCUT2D eigenvalue weighted by atomic mass is 16.1. The van der Waals surface area contributed by atoms with Gasteiger partial charge in [0, 0.05) is 43.2 Å². The van der Waals surface area contributed by atoms with E-state index in [0.29, 0.717) is 5.56 Å². The molecule has 1 aliphatic heterocycles. The first-order valence-corrected chi connectivity index (χ1v) is 8.12.